The van der Waals surface area contributed by atoms with Gasteiger partial charge < -0.3 is 5.32 Å². The van der Waals surface area contributed by atoms with Crippen molar-refractivity contribution in [2.45, 2.75) is 46.0 Å². The smallest absolute Gasteiger partial charge is 0.231 e. The molecule has 0 bridgehead atoms. The molecule has 0 unspecified atom stereocenters. The van der Waals surface area contributed by atoms with E-state index in [0.717, 1.165) is 36.9 Å². The van der Waals surface area contributed by atoms with Gasteiger partial charge in [-0.1, -0.05) is 54.8 Å². The number of alkyl halides is 1. The Morgan fingerprint density at radius 1 is 1.15 bits per heavy atom. The number of anilines is 1. The van der Waals surface area contributed by atoms with Crippen molar-refractivity contribution in [2.75, 3.05) is 10.6 Å². The minimum absolute atomic E-state index is 0.0746. The molecule has 0 saturated carbocycles. The fourth-order valence-electron chi connectivity index (χ4n) is 2.09. The first kappa shape index (κ1) is 16.9. The third kappa shape index (κ3) is 5.45. The summed E-state index contributed by atoms with van der Waals surface area (Å²) in [5.74, 6) is -0.343. The molecule has 0 fully saturated rings. The van der Waals surface area contributed by atoms with Gasteiger partial charge in [-0.25, -0.2) is 0 Å². The standard InChI is InChI=1S/C16H22BrNO2/c1-3-5-12-7-8-13(6-4-2)15(9-12)18-16(20)10-14(19)11-17/h7-9H,3-6,10-11H2,1-2H3,(H,18,20). The maximum Gasteiger partial charge on any atom is 0.231 e. The highest BCUT2D eigenvalue weighted by molar-refractivity contribution is 9.09. The molecule has 0 aliphatic rings. The van der Waals surface area contributed by atoms with Crippen LogP contribution in [0.3, 0.4) is 0 Å². The maximum absolute atomic E-state index is 11.9. The van der Waals surface area contributed by atoms with Gasteiger partial charge in [-0.05, 0) is 30.0 Å². The lowest BCUT2D eigenvalue weighted by Crippen LogP contribution is -2.18. The van der Waals surface area contributed by atoms with Crippen LogP contribution in [0.5, 0.6) is 0 Å². The quantitative estimate of drug-likeness (QED) is 0.577. The minimum Gasteiger partial charge on any atom is -0.325 e. The summed E-state index contributed by atoms with van der Waals surface area (Å²) < 4.78 is 0. The van der Waals surface area contributed by atoms with Crippen molar-refractivity contribution in [1.29, 1.82) is 0 Å². The first-order valence-electron chi connectivity index (χ1n) is 7.10. The van der Waals surface area contributed by atoms with Crippen LogP contribution >= 0.6 is 15.9 Å². The summed E-state index contributed by atoms with van der Waals surface area (Å²) in [4.78, 5) is 23.1. The van der Waals surface area contributed by atoms with E-state index in [0.29, 0.717) is 0 Å². The zero-order valence-electron chi connectivity index (χ0n) is 12.2. The molecule has 0 atom stereocenters. The van der Waals surface area contributed by atoms with E-state index < -0.39 is 0 Å². The number of carbonyl (C=O) groups excluding carboxylic acids is 2. The van der Waals surface area contributed by atoms with Gasteiger partial charge in [0.05, 0.1) is 11.8 Å². The molecule has 1 N–H and O–H groups in total. The van der Waals surface area contributed by atoms with E-state index in [1.807, 2.05) is 6.07 Å². The summed E-state index contributed by atoms with van der Waals surface area (Å²) in [5, 5.41) is 3.10. The molecule has 3 nitrogen and oxygen atoms in total. The minimum atomic E-state index is -0.236. The maximum atomic E-state index is 11.9. The highest BCUT2D eigenvalue weighted by atomic mass is 79.9. The Kier molecular flexibility index (Phi) is 7.52. The van der Waals surface area contributed by atoms with Gasteiger partial charge in [0.2, 0.25) is 5.91 Å². The van der Waals surface area contributed by atoms with Crippen molar-refractivity contribution in [3.8, 4) is 0 Å². The Morgan fingerprint density at radius 2 is 1.85 bits per heavy atom. The molecular formula is C16H22BrNO2. The Balaban J connectivity index is 2.85. The molecule has 0 aliphatic carbocycles. The van der Waals surface area contributed by atoms with Gasteiger partial charge in [0.15, 0.2) is 5.78 Å². The third-order valence-corrected chi connectivity index (χ3v) is 3.64. The number of benzene rings is 1. The van der Waals surface area contributed by atoms with E-state index in [1.165, 1.54) is 5.56 Å². The number of hydrogen-bond acceptors (Lipinski definition) is 2. The first-order valence-corrected chi connectivity index (χ1v) is 8.22. The lowest BCUT2D eigenvalue weighted by molar-refractivity contribution is -0.123. The average Bonchev–Trinajstić information content (AvgIpc) is 2.42. The van der Waals surface area contributed by atoms with Crippen LogP contribution in [-0.4, -0.2) is 17.0 Å². The molecule has 4 heteroatoms. The molecule has 0 saturated heterocycles. The van der Waals surface area contributed by atoms with E-state index in [-0.39, 0.29) is 23.4 Å². The summed E-state index contributed by atoms with van der Waals surface area (Å²) in [5.41, 5.74) is 3.20. The van der Waals surface area contributed by atoms with Gasteiger partial charge in [-0.2, -0.15) is 0 Å². The monoisotopic (exact) mass is 339 g/mol. The largest absolute Gasteiger partial charge is 0.325 e. The molecule has 1 aromatic carbocycles. The van der Waals surface area contributed by atoms with Gasteiger partial charge in [0.25, 0.3) is 0 Å². The molecule has 1 amide bonds. The number of nitrogens with one attached hydrogen (secondary N) is 1. The number of aryl methyl sites for hydroxylation is 2. The van der Waals surface area contributed by atoms with Crippen molar-refractivity contribution in [3.05, 3.63) is 29.3 Å². The molecule has 0 spiro atoms. The van der Waals surface area contributed by atoms with Crippen LogP contribution in [0.15, 0.2) is 18.2 Å². The molecule has 0 aliphatic heterocycles. The average molecular weight is 340 g/mol. The zero-order valence-corrected chi connectivity index (χ0v) is 13.8. The molecule has 0 aromatic heterocycles. The number of amides is 1. The van der Waals surface area contributed by atoms with E-state index >= 15 is 0 Å². The number of carbonyl (C=O) groups is 2. The molecule has 0 radical (unpaired) electrons. The highest BCUT2D eigenvalue weighted by Gasteiger charge is 2.11. The van der Waals surface area contributed by atoms with Gasteiger partial charge in [-0.3, -0.25) is 9.59 Å². The summed E-state index contributed by atoms with van der Waals surface area (Å²) in [6.07, 6.45) is 3.94. The Morgan fingerprint density at radius 3 is 2.45 bits per heavy atom. The van der Waals surface area contributed by atoms with E-state index in [2.05, 4.69) is 47.2 Å². The molecule has 0 heterocycles. The van der Waals surface area contributed by atoms with E-state index in [1.54, 1.807) is 0 Å². The van der Waals surface area contributed by atoms with Crippen LogP contribution in [0.25, 0.3) is 0 Å². The predicted octanol–water partition coefficient (Wildman–Crippen LogP) is 3.88. The van der Waals surface area contributed by atoms with Gasteiger partial charge >= 0.3 is 0 Å². The van der Waals surface area contributed by atoms with Crippen LogP contribution in [0.4, 0.5) is 5.69 Å². The predicted molar refractivity (Wildman–Crippen MR) is 86.5 cm³/mol. The van der Waals surface area contributed by atoms with Crippen LogP contribution in [0, 0.1) is 0 Å². The van der Waals surface area contributed by atoms with Crippen molar-refractivity contribution in [2.24, 2.45) is 0 Å². The lowest BCUT2D eigenvalue weighted by Gasteiger charge is -2.12. The van der Waals surface area contributed by atoms with Crippen molar-refractivity contribution in [1.82, 2.24) is 0 Å². The first-order chi connectivity index (χ1) is 9.60. The van der Waals surface area contributed by atoms with Gasteiger partial charge in [-0.15, -0.1) is 0 Å². The van der Waals surface area contributed by atoms with Crippen molar-refractivity contribution < 1.29 is 9.59 Å². The molecule has 1 aromatic rings. The Hall–Kier alpha value is -1.16. The Bertz CT molecular complexity index is 472. The number of halogens is 1. The number of rotatable bonds is 8. The third-order valence-electron chi connectivity index (χ3n) is 3.01. The lowest BCUT2D eigenvalue weighted by atomic mass is 10.0. The van der Waals surface area contributed by atoms with Crippen LogP contribution < -0.4 is 5.32 Å². The molecular weight excluding hydrogens is 318 g/mol. The van der Waals surface area contributed by atoms with Gasteiger partial charge in [0, 0.05) is 5.69 Å². The summed E-state index contributed by atoms with van der Waals surface area (Å²) in [6, 6.07) is 6.23. The van der Waals surface area contributed by atoms with Crippen LogP contribution in [-0.2, 0) is 22.4 Å². The molecule has 20 heavy (non-hydrogen) atoms. The second kappa shape index (κ2) is 8.90. The zero-order chi connectivity index (χ0) is 15.0. The fourth-order valence-corrected chi connectivity index (χ4v) is 2.29. The van der Waals surface area contributed by atoms with Crippen LogP contribution in [0.2, 0.25) is 0 Å². The summed E-state index contributed by atoms with van der Waals surface area (Å²) >= 11 is 3.07. The SMILES string of the molecule is CCCc1ccc(CCC)c(NC(=O)CC(=O)CBr)c1. The van der Waals surface area contributed by atoms with Crippen LogP contribution in [0.1, 0.15) is 44.2 Å². The summed E-state index contributed by atoms with van der Waals surface area (Å²) in [6.45, 7) is 4.24. The van der Waals surface area contributed by atoms with E-state index in [4.69, 9.17) is 0 Å². The van der Waals surface area contributed by atoms with Crippen molar-refractivity contribution in [3.63, 3.8) is 0 Å². The number of Topliss-reactive ketones (excluding diaryl/α,β-unsaturated/α-hetero) is 1. The van der Waals surface area contributed by atoms with Crippen molar-refractivity contribution >= 4 is 33.3 Å². The number of ketones is 1. The normalized spacial score (nSPS) is 10.3. The second-order valence-corrected chi connectivity index (χ2v) is 5.45. The topological polar surface area (TPSA) is 46.2 Å². The molecule has 110 valence electrons. The highest BCUT2D eigenvalue weighted by Crippen LogP contribution is 2.21. The Labute approximate surface area is 129 Å². The number of hydrogen-bond donors (Lipinski definition) is 1. The van der Waals surface area contributed by atoms with E-state index in [9.17, 15) is 9.59 Å². The fraction of sp³-hybridized carbons (Fsp3) is 0.500. The molecule has 1 rings (SSSR count). The second-order valence-electron chi connectivity index (χ2n) is 4.89. The summed E-state index contributed by atoms with van der Waals surface area (Å²) in [7, 11) is 0. The van der Waals surface area contributed by atoms with Gasteiger partial charge in [0.1, 0.15) is 0 Å².